The molecule has 2 fully saturated rings. The minimum Gasteiger partial charge on any atom is -0.497 e. The number of rotatable bonds is 6. The van der Waals surface area contributed by atoms with E-state index in [4.69, 9.17) is 4.74 Å². The highest BCUT2D eigenvalue weighted by Crippen LogP contribution is 2.45. The normalized spacial score (nSPS) is 27.0. The van der Waals surface area contributed by atoms with Crippen molar-refractivity contribution in [1.82, 2.24) is 0 Å². The third kappa shape index (κ3) is 4.93. The lowest BCUT2D eigenvalue weighted by Crippen LogP contribution is -2.25. The maximum absolute atomic E-state index is 5.30. The summed E-state index contributed by atoms with van der Waals surface area (Å²) in [5, 5.41) is 0. The van der Waals surface area contributed by atoms with Crippen LogP contribution in [0.3, 0.4) is 0 Å². The van der Waals surface area contributed by atoms with E-state index in [2.05, 4.69) is 56.3 Å². The summed E-state index contributed by atoms with van der Waals surface area (Å²) in [5.41, 5.74) is 5.65. The largest absolute Gasteiger partial charge is 0.497 e. The molecule has 0 unspecified atom stereocenters. The molecule has 0 aromatic heterocycles. The number of hydrogen-bond acceptors (Lipinski definition) is 1. The molecule has 162 valence electrons. The summed E-state index contributed by atoms with van der Waals surface area (Å²) in [5.74, 6) is 4.75. The van der Waals surface area contributed by atoms with Gasteiger partial charge in [0.2, 0.25) is 0 Å². The first-order valence-corrected chi connectivity index (χ1v) is 12.4. The summed E-state index contributed by atoms with van der Waals surface area (Å²) in [4.78, 5) is 0. The van der Waals surface area contributed by atoms with Crippen LogP contribution in [-0.2, 0) is 0 Å². The third-order valence-corrected chi connectivity index (χ3v) is 8.16. The van der Waals surface area contributed by atoms with E-state index in [9.17, 15) is 0 Å². The lowest BCUT2D eigenvalue weighted by atomic mass is 9.67. The predicted molar refractivity (Wildman–Crippen MR) is 128 cm³/mol. The molecule has 2 aromatic carbocycles. The molecular weight excluding hydrogens is 364 g/mol. The molecule has 0 heterocycles. The third-order valence-electron chi connectivity index (χ3n) is 8.16. The molecule has 1 nitrogen and oxygen atoms in total. The van der Waals surface area contributed by atoms with Crippen LogP contribution in [0.1, 0.15) is 88.2 Å². The Morgan fingerprint density at radius 1 is 0.767 bits per heavy atom. The van der Waals surface area contributed by atoms with Crippen molar-refractivity contribution < 1.29 is 4.74 Å². The molecule has 0 N–H and O–H groups in total. The molecule has 0 spiro atoms. The molecular formula is C29H40O. The van der Waals surface area contributed by atoms with Crippen LogP contribution in [0.4, 0.5) is 0 Å². The topological polar surface area (TPSA) is 9.23 Å². The smallest absolute Gasteiger partial charge is 0.118 e. The Hall–Kier alpha value is -1.76. The molecule has 2 saturated carbocycles. The Labute approximate surface area is 184 Å². The second-order valence-electron chi connectivity index (χ2n) is 9.98. The van der Waals surface area contributed by atoms with E-state index in [-0.39, 0.29) is 0 Å². The van der Waals surface area contributed by atoms with Gasteiger partial charge in [0.15, 0.2) is 0 Å². The second kappa shape index (κ2) is 10.0. The minimum absolute atomic E-state index is 0.766. The lowest BCUT2D eigenvalue weighted by Gasteiger charge is -2.38. The van der Waals surface area contributed by atoms with Crippen LogP contribution in [0, 0.1) is 24.7 Å². The summed E-state index contributed by atoms with van der Waals surface area (Å²) < 4.78 is 5.30. The van der Waals surface area contributed by atoms with Crippen molar-refractivity contribution in [2.45, 2.75) is 84.0 Å². The van der Waals surface area contributed by atoms with Crippen LogP contribution in [0.25, 0.3) is 11.1 Å². The Morgan fingerprint density at radius 3 is 1.93 bits per heavy atom. The Morgan fingerprint density at radius 2 is 1.37 bits per heavy atom. The highest BCUT2D eigenvalue weighted by Gasteiger charge is 2.31. The molecule has 1 heteroatoms. The van der Waals surface area contributed by atoms with E-state index >= 15 is 0 Å². The average molecular weight is 405 g/mol. The highest BCUT2D eigenvalue weighted by atomic mass is 16.5. The predicted octanol–water partition coefficient (Wildman–Crippen LogP) is 8.55. The molecule has 0 bridgehead atoms. The van der Waals surface area contributed by atoms with Crippen molar-refractivity contribution in [2.75, 3.05) is 7.11 Å². The molecule has 0 atom stereocenters. The zero-order valence-corrected chi connectivity index (χ0v) is 19.3. The maximum Gasteiger partial charge on any atom is 0.118 e. The number of hydrogen-bond donors (Lipinski definition) is 0. The minimum atomic E-state index is 0.766. The SMILES string of the molecule is CCCC1CCC(C2CCC(c3ccc(-c4ccc(OC)cc4)cc3C)CC2)CC1. The van der Waals surface area contributed by atoms with Gasteiger partial charge in [-0.15, -0.1) is 0 Å². The summed E-state index contributed by atoms with van der Waals surface area (Å²) in [6.45, 7) is 4.66. The van der Waals surface area contributed by atoms with Gasteiger partial charge in [-0.25, -0.2) is 0 Å². The molecule has 2 aliphatic carbocycles. The zero-order valence-electron chi connectivity index (χ0n) is 19.3. The van der Waals surface area contributed by atoms with Gasteiger partial charge in [0.1, 0.15) is 5.75 Å². The van der Waals surface area contributed by atoms with Crippen LogP contribution in [0.2, 0.25) is 0 Å². The van der Waals surface area contributed by atoms with Gasteiger partial charge < -0.3 is 4.74 Å². The first-order chi connectivity index (χ1) is 14.7. The summed E-state index contributed by atoms with van der Waals surface area (Å²) in [7, 11) is 1.72. The van der Waals surface area contributed by atoms with Crippen molar-refractivity contribution in [3.05, 3.63) is 53.6 Å². The maximum atomic E-state index is 5.30. The van der Waals surface area contributed by atoms with Crippen LogP contribution < -0.4 is 4.74 Å². The first kappa shape index (κ1) is 21.5. The number of ether oxygens (including phenoxy) is 1. The molecule has 0 amide bonds. The van der Waals surface area contributed by atoms with Gasteiger partial charge >= 0.3 is 0 Å². The number of benzene rings is 2. The van der Waals surface area contributed by atoms with Crippen LogP contribution in [0.15, 0.2) is 42.5 Å². The van der Waals surface area contributed by atoms with Crippen molar-refractivity contribution in [3.63, 3.8) is 0 Å². The summed E-state index contributed by atoms with van der Waals surface area (Å²) in [6, 6.07) is 15.5. The molecule has 2 aliphatic rings. The van der Waals surface area contributed by atoms with E-state index in [0.717, 1.165) is 29.4 Å². The fraction of sp³-hybridized carbons (Fsp3) is 0.586. The van der Waals surface area contributed by atoms with Gasteiger partial charge in [0, 0.05) is 0 Å². The highest BCUT2D eigenvalue weighted by molar-refractivity contribution is 5.65. The van der Waals surface area contributed by atoms with Crippen LogP contribution >= 0.6 is 0 Å². The Kier molecular flexibility index (Phi) is 7.18. The van der Waals surface area contributed by atoms with E-state index in [1.54, 1.807) is 12.7 Å². The van der Waals surface area contributed by atoms with Crippen molar-refractivity contribution in [3.8, 4) is 16.9 Å². The zero-order chi connectivity index (χ0) is 20.9. The van der Waals surface area contributed by atoms with Gasteiger partial charge in [-0.1, -0.05) is 62.9 Å². The molecule has 0 radical (unpaired) electrons. The van der Waals surface area contributed by atoms with E-state index in [1.807, 2.05) is 0 Å². The second-order valence-corrected chi connectivity index (χ2v) is 9.98. The van der Waals surface area contributed by atoms with Gasteiger partial charge in [0.05, 0.1) is 7.11 Å². The van der Waals surface area contributed by atoms with Gasteiger partial charge in [-0.05, 0) is 104 Å². The quantitative estimate of drug-likeness (QED) is 0.468. The van der Waals surface area contributed by atoms with E-state index < -0.39 is 0 Å². The van der Waals surface area contributed by atoms with Gasteiger partial charge in [-0.2, -0.15) is 0 Å². The van der Waals surface area contributed by atoms with Crippen molar-refractivity contribution in [1.29, 1.82) is 0 Å². The molecule has 2 aromatic rings. The summed E-state index contributed by atoms with van der Waals surface area (Å²) in [6.07, 6.45) is 14.5. The fourth-order valence-electron chi connectivity index (χ4n) is 6.35. The summed E-state index contributed by atoms with van der Waals surface area (Å²) >= 11 is 0. The first-order valence-electron chi connectivity index (χ1n) is 12.4. The molecule has 0 aliphatic heterocycles. The van der Waals surface area contributed by atoms with Crippen LogP contribution in [0.5, 0.6) is 5.75 Å². The van der Waals surface area contributed by atoms with Gasteiger partial charge in [0.25, 0.3) is 0 Å². The van der Waals surface area contributed by atoms with Crippen molar-refractivity contribution >= 4 is 0 Å². The van der Waals surface area contributed by atoms with E-state index in [1.165, 1.54) is 80.9 Å². The van der Waals surface area contributed by atoms with Gasteiger partial charge in [-0.3, -0.25) is 0 Å². The molecule has 30 heavy (non-hydrogen) atoms. The molecule has 0 saturated heterocycles. The monoisotopic (exact) mass is 404 g/mol. The van der Waals surface area contributed by atoms with Crippen LogP contribution in [-0.4, -0.2) is 7.11 Å². The average Bonchev–Trinajstić information content (AvgIpc) is 2.80. The Bertz CT molecular complexity index is 790. The standard InChI is InChI=1S/C29H40O/c1-4-5-22-6-8-23(9-7-22)24-10-12-26(13-11-24)29-19-16-27(20-21(29)2)25-14-17-28(30-3)18-15-25/h14-20,22-24,26H,4-13H2,1-3H3. The van der Waals surface area contributed by atoms with E-state index in [0.29, 0.717) is 0 Å². The van der Waals surface area contributed by atoms with Crippen molar-refractivity contribution in [2.24, 2.45) is 17.8 Å². The molecule has 4 rings (SSSR count). The Balaban J connectivity index is 1.34. The number of methoxy groups -OCH3 is 1. The lowest BCUT2D eigenvalue weighted by molar-refractivity contribution is 0.156. The fourth-order valence-corrected chi connectivity index (χ4v) is 6.35. The number of aryl methyl sites for hydroxylation is 1.